The van der Waals surface area contributed by atoms with Crippen LogP contribution >= 0.6 is 23.2 Å². The number of Topliss-reactive ketones (excluding diaryl/α,β-unsaturated/α-hetero) is 1. The summed E-state index contributed by atoms with van der Waals surface area (Å²) in [5, 5.41) is -0.0898. The fourth-order valence-electron chi connectivity index (χ4n) is 1.69. The van der Waals surface area contributed by atoms with Crippen molar-refractivity contribution >= 4 is 35.0 Å². The molecule has 0 N–H and O–H groups in total. The van der Waals surface area contributed by atoms with Crippen LogP contribution < -0.4 is 4.74 Å². The molecule has 2 rings (SSSR count). The maximum Gasteiger partial charge on any atom is 0.351 e. The number of carbonyl (C=O) groups excluding carboxylic acids is 2. The van der Waals surface area contributed by atoms with Gasteiger partial charge in [-0.05, 0) is 12.1 Å². The van der Waals surface area contributed by atoms with E-state index in [9.17, 15) is 9.59 Å². The lowest BCUT2D eigenvalue weighted by Crippen LogP contribution is -2.15. The first kappa shape index (κ1) is 13.9. The van der Waals surface area contributed by atoms with Crippen LogP contribution in [0.15, 0.2) is 34.3 Å². The molecule has 0 bridgehead atoms. The highest BCUT2D eigenvalue weighted by Gasteiger charge is 2.33. The molecule has 1 aromatic carbocycles. The Morgan fingerprint density at radius 2 is 2.16 bits per heavy atom. The molecule has 100 valence electrons. The zero-order valence-corrected chi connectivity index (χ0v) is 11.5. The van der Waals surface area contributed by atoms with Crippen LogP contribution in [0.5, 0.6) is 5.75 Å². The molecule has 0 spiro atoms. The van der Waals surface area contributed by atoms with E-state index in [2.05, 4.69) is 0 Å². The quantitative estimate of drug-likeness (QED) is 0.634. The van der Waals surface area contributed by atoms with Crippen molar-refractivity contribution in [3.8, 4) is 5.75 Å². The third-order valence-corrected chi connectivity index (χ3v) is 3.57. The highest BCUT2D eigenvalue weighted by Crippen LogP contribution is 2.31. The van der Waals surface area contributed by atoms with E-state index in [1.165, 1.54) is 7.11 Å². The minimum Gasteiger partial charge on any atom is -0.497 e. The number of hydrogen-bond donors (Lipinski definition) is 0. The molecular weight excluding hydrogens is 291 g/mol. The lowest BCUT2D eigenvalue weighted by atomic mass is 10.0. The van der Waals surface area contributed by atoms with Crippen LogP contribution in [-0.2, 0) is 9.53 Å². The average Bonchev–Trinajstić information content (AvgIpc) is 2.66. The van der Waals surface area contributed by atoms with Gasteiger partial charge in [-0.1, -0.05) is 35.3 Å². The fourth-order valence-corrected chi connectivity index (χ4v) is 2.05. The number of ether oxygens (including phenoxy) is 2. The highest BCUT2D eigenvalue weighted by atomic mass is 35.5. The number of carbonyl (C=O) groups is 2. The molecule has 0 radical (unpaired) electrons. The highest BCUT2D eigenvalue weighted by molar-refractivity contribution is 6.48. The van der Waals surface area contributed by atoms with Gasteiger partial charge in [-0.25, -0.2) is 4.79 Å². The molecule has 1 aromatic rings. The van der Waals surface area contributed by atoms with Gasteiger partial charge in [0.25, 0.3) is 0 Å². The molecule has 0 aromatic heterocycles. The summed E-state index contributed by atoms with van der Waals surface area (Å²) in [6, 6.07) is 6.70. The second-order valence-corrected chi connectivity index (χ2v) is 4.70. The summed E-state index contributed by atoms with van der Waals surface area (Å²) in [7, 11) is 1.52. The smallest absolute Gasteiger partial charge is 0.351 e. The Morgan fingerprint density at radius 3 is 2.74 bits per heavy atom. The van der Waals surface area contributed by atoms with E-state index in [-0.39, 0.29) is 22.3 Å². The summed E-state index contributed by atoms with van der Waals surface area (Å²) in [6.45, 7) is 0. The Morgan fingerprint density at radius 1 is 1.42 bits per heavy atom. The minimum absolute atomic E-state index is 0.0477. The van der Waals surface area contributed by atoms with Gasteiger partial charge < -0.3 is 9.47 Å². The second kappa shape index (κ2) is 5.63. The molecule has 0 saturated heterocycles. The van der Waals surface area contributed by atoms with Crippen molar-refractivity contribution in [2.45, 2.75) is 12.5 Å². The molecular formula is C13H10Cl2O4. The number of methoxy groups -OCH3 is 1. The Hall–Kier alpha value is -1.52. The normalized spacial score (nSPS) is 18.5. The average molecular weight is 301 g/mol. The van der Waals surface area contributed by atoms with E-state index in [4.69, 9.17) is 32.7 Å². The number of rotatable bonds is 4. The van der Waals surface area contributed by atoms with E-state index < -0.39 is 12.1 Å². The molecule has 1 heterocycles. The molecule has 0 aliphatic carbocycles. The van der Waals surface area contributed by atoms with E-state index in [0.717, 1.165) is 0 Å². The first-order valence-corrected chi connectivity index (χ1v) is 6.22. The van der Waals surface area contributed by atoms with Crippen LogP contribution in [0, 0.1) is 0 Å². The maximum atomic E-state index is 12.1. The lowest BCUT2D eigenvalue weighted by molar-refractivity contribution is -0.138. The van der Waals surface area contributed by atoms with Crippen LogP contribution in [0.2, 0.25) is 0 Å². The van der Waals surface area contributed by atoms with Crippen molar-refractivity contribution in [3.63, 3.8) is 0 Å². The lowest BCUT2D eigenvalue weighted by Gasteiger charge is -2.09. The summed E-state index contributed by atoms with van der Waals surface area (Å²) in [5.41, 5.74) is 0.461. The van der Waals surface area contributed by atoms with Crippen molar-refractivity contribution in [1.82, 2.24) is 0 Å². The number of ketones is 1. The van der Waals surface area contributed by atoms with Crippen LogP contribution in [0.4, 0.5) is 0 Å². The molecule has 1 aliphatic rings. The molecule has 0 fully saturated rings. The fraction of sp³-hybridized carbons (Fsp3) is 0.231. The Bertz CT molecular complexity index is 566. The molecule has 0 unspecified atom stereocenters. The summed E-state index contributed by atoms with van der Waals surface area (Å²) < 4.78 is 9.94. The number of cyclic esters (lactones) is 1. The Kier molecular flexibility index (Phi) is 4.12. The van der Waals surface area contributed by atoms with Crippen molar-refractivity contribution in [2.24, 2.45) is 0 Å². The number of hydrogen-bond acceptors (Lipinski definition) is 4. The van der Waals surface area contributed by atoms with Gasteiger partial charge in [0, 0.05) is 5.56 Å². The van der Waals surface area contributed by atoms with Crippen molar-refractivity contribution in [3.05, 3.63) is 39.9 Å². The van der Waals surface area contributed by atoms with Gasteiger partial charge in [-0.2, -0.15) is 0 Å². The maximum absolute atomic E-state index is 12.1. The topological polar surface area (TPSA) is 52.6 Å². The third kappa shape index (κ3) is 2.91. The SMILES string of the molecule is COc1cccc(C(=O)C[C@@H]2OC(=O)C(Cl)=C2Cl)c1. The second-order valence-electron chi connectivity index (χ2n) is 3.92. The van der Waals surface area contributed by atoms with Crippen molar-refractivity contribution in [2.75, 3.05) is 7.11 Å². The molecule has 1 atom stereocenters. The Labute approximate surface area is 119 Å². The minimum atomic E-state index is -0.805. The number of benzene rings is 1. The van der Waals surface area contributed by atoms with Gasteiger partial charge >= 0.3 is 5.97 Å². The van der Waals surface area contributed by atoms with E-state index in [1.807, 2.05) is 0 Å². The number of esters is 1. The van der Waals surface area contributed by atoms with E-state index in [1.54, 1.807) is 24.3 Å². The predicted octanol–water partition coefficient (Wildman–Crippen LogP) is 2.88. The first-order valence-electron chi connectivity index (χ1n) is 5.46. The van der Waals surface area contributed by atoms with Crippen molar-refractivity contribution < 1.29 is 19.1 Å². The standard InChI is InChI=1S/C13H10Cl2O4/c1-18-8-4-2-3-7(5-8)9(16)6-10-11(14)12(15)13(17)19-10/h2-5,10H,6H2,1H3/t10-/m0/s1. The van der Waals surface area contributed by atoms with Gasteiger partial charge in [0.2, 0.25) is 0 Å². The molecule has 0 saturated carbocycles. The zero-order valence-electron chi connectivity index (χ0n) is 9.98. The molecule has 4 nitrogen and oxygen atoms in total. The molecule has 1 aliphatic heterocycles. The molecule has 6 heteroatoms. The van der Waals surface area contributed by atoms with Crippen LogP contribution in [0.1, 0.15) is 16.8 Å². The third-order valence-electron chi connectivity index (χ3n) is 2.68. The number of halogens is 2. The molecule has 0 amide bonds. The van der Waals surface area contributed by atoms with Gasteiger partial charge in [-0.15, -0.1) is 0 Å². The summed E-state index contributed by atoms with van der Waals surface area (Å²) in [6.07, 6.45) is -0.853. The monoisotopic (exact) mass is 300 g/mol. The van der Waals surface area contributed by atoms with Crippen LogP contribution in [0.3, 0.4) is 0 Å². The molecule has 19 heavy (non-hydrogen) atoms. The van der Waals surface area contributed by atoms with E-state index in [0.29, 0.717) is 11.3 Å². The van der Waals surface area contributed by atoms with Gasteiger partial charge in [0.15, 0.2) is 5.78 Å². The predicted molar refractivity (Wildman–Crippen MR) is 70.6 cm³/mol. The first-order chi connectivity index (χ1) is 9.02. The van der Waals surface area contributed by atoms with Crippen LogP contribution in [-0.4, -0.2) is 25.0 Å². The zero-order chi connectivity index (χ0) is 14.0. The Balaban J connectivity index is 2.12. The van der Waals surface area contributed by atoms with E-state index >= 15 is 0 Å². The largest absolute Gasteiger partial charge is 0.497 e. The summed E-state index contributed by atoms with van der Waals surface area (Å²) in [5.74, 6) is -0.328. The van der Waals surface area contributed by atoms with Gasteiger partial charge in [0.05, 0.1) is 18.6 Å². The van der Waals surface area contributed by atoms with Gasteiger partial charge in [-0.3, -0.25) is 4.79 Å². The summed E-state index contributed by atoms with van der Waals surface area (Å²) >= 11 is 11.5. The van der Waals surface area contributed by atoms with Gasteiger partial charge in [0.1, 0.15) is 16.9 Å². The van der Waals surface area contributed by atoms with Crippen LogP contribution in [0.25, 0.3) is 0 Å². The summed E-state index contributed by atoms with van der Waals surface area (Å²) in [4.78, 5) is 23.2. The van der Waals surface area contributed by atoms with Crippen molar-refractivity contribution in [1.29, 1.82) is 0 Å².